The maximum absolute atomic E-state index is 12.7. The van der Waals surface area contributed by atoms with Crippen LogP contribution in [0.3, 0.4) is 0 Å². The van der Waals surface area contributed by atoms with Crippen molar-refractivity contribution in [3.63, 3.8) is 0 Å². The summed E-state index contributed by atoms with van der Waals surface area (Å²) in [5.41, 5.74) is 2.21. The van der Waals surface area contributed by atoms with Crippen molar-refractivity contribution in [3.8, 4) is 5.69 Å². The molecule has 27 heavy (non-hydrogen) atoms. The van der Waals surface area contributed by atoms with Crippen LogP contribution in [0.15, 0.2) is 72.2 Å². The molecule has 0 aliphatic heterocycles. The van der Waals surface area contributed by atoms with Crippen molar-refractivity contribution in [2.75, 3.05) is 0 Å². The monoisotopic (exact) mass is 359 g/mol. The summed E-state index contributed by atoms with van der Waals surface area (Å²) in [5.74, 6) is -0.220. The Bertz CT molecular complexity index is 1160. The summed E-state index contributed by atoms with van der Waals surface area (Å²) < 4.78 is 3.10. The molecule has 4 aromatic rings. The van der Waals surface area contributed by atoms with Gasteiger partial charge in [-0.25, -0.2) is 9.67 Å². The number of rotatable bonds is 4. The van der Waals surface area contributed by atoms with Gasteiger partial charge < -0.3 is 9.88 Å². The Hall–Kier alpha value is -3.74. The molecule has 0 aliphatic carbocycles. The minimum absolute atomic E-state index is 0.120. The van der Waals surface area contributed by atoms with Crippen LogP contribution in [-0.2, 0) is 13.6 Å². The first kappa shape index (κ1) is 16.7. The van der Waals surface area contributed by atoms with Gasteiger partial charge in [-0.1, -0.05) is 30.3 Å². The molecule has 2 aromatic carbocycles. The van der Waals surface area contributed by atoms with E-state index in [2.05, 4.69) is 15.4 Å². The fourth-order valence-electron chi connectivity index (χ4n) is 2.98. The summed E-state index contributed by atoms with van der Waals surface area (Å²) in [6.45, 7) is 0.383. The maximum atomic E-state index is 12.7. The normalized spacial score (nSPS) is 10.9. The van der Waals surface area contributed by atoms with Gasteiger partial charge in [-0.05, 0) is 23.8 Å². The van der Waals surface area contributed by atoms with Crippen LogP contribution in [0.1, 0.15) is 15.9 Å². The van der Waals surface area contributed by atoms with E-state index < -0.39 is 0 Å². The van der Waals surface area contributed by atoms with Gasteiger partial charge >= 0.3 is 0 Å². The largest absolute Gasteiger partial charge is 0.348 e. The summed E-state index contributed by atoms with van der Waals surface area (Å²) in [5, 5.41) is 8.19. The number of fused-ring (bicyclic) bond motifs is 1. The highest BCUT2D eigenvalue weighted by Gasteiger charge is 2.13. The van der Waals surface area contributed by atoms with Crippen LogP contribution >= 0.6 is 0 Å². The van der Waals surface area contributed by atoms with Gasteiger partial charge in [-0.15, -0.1) is 0 Å². The van der Waals surface area contributed by atoms with E-state index in [1.165, 1.54) is 10.9 Å². The first-order valence-corrected chi connectivity index (χ1v) is 8.44. The predicted molar refractivity (Wildman–Crippen MR) is 102 cm³/mol. The average molecular weight is 359 g/mol. The van der Waals surface area contributed by atoms with Crippen LogP contribution in [0.5, 0.6) is 0 Å². The quantitative estimate of drug-likeness (QED) is 0.605. The second kappa shape index (κ2) is 6.87. The van der Waals surface area contributed by atoms with E-state index in [1.54, 1.807) is 42.5 Å². The zero-order valence-electron chi connectivity index (χ0n) is 14.7. The number of hydrogen-bond donors (Lipinski definition) is 1. The smallest absolute Gasteiger partial charge is 0.258 e. The number of amides is 1. The third-order valence-corrected chi connectivity index (χ3v) is 4.41. The second-order valence-corrected chi connectivity index (χ2v) is 6.19. The molecule has 0 fully saturated rings. The third kappa shape index (κ3) is 3.22. The maximum Gasteiger partial charge on any atom is 0.258 e. The predicted octanol–water partition coefficient (Wildman–Crippen LogP) is 2.05. The molecule has 4 rings (SSSR count). The third-order valence-electron chi connectivity index (χ3n) is 4.41. The molecule has 0 unspecified atom stereocenters. The second-order valence-electron chi connectivity index (χ2n) is 6.19. The molecule has 0 saturated carbocycles. The molecular weight excluding hydrogens is 342 g/mol. The molecule has 1 N–H and O–H groups in total. The van der Waals surface area contributed by atoms with E-state index in [1.807, 2.05) is 30.3 Å². The van der Waals surface area contributed by atoms with E-state index in [0.717, 1.165) is 11.3 Å². The fraction of sp³-hybridized carbons (Fsp3) is 0.100. The molecule has 0 spiro atoms. The van der Waals surface area contributed by atoms with Gasteiger partial charge in [0.1, 0.15) is 12.7 Å². The Morgan fingerprint density at radius 3 is 2.52 bits per heavy atom. The number of aryl methyl sites for hydroxylation is 1. The summed E-state index contributed by atoms with van der Waals surface area (Å²) in [7, 11) is 1.65. The van der Waals surface area contributed by atoms with E-state index in [0.29, 0.717) is 22.9 Å². The topological polar surface area (TPSA) is 81.8 Å². The standard InChI is InChI=1S/C20H17N5O2/c1-24-11-18(16-4-2-3-5-17(16)20(24)27)19(26)22-10-14-6-8-15(9-7-14)25-13-21-12-23-25/h2-9,11-13H,10H2,1H3,(H,22,26). The molecule has 0 atom stereocenters. The van der Waals surface area contributed by atoms with Gasteiger partial charge in [0.05, 0.1) is 11.3 Å². The van der Waals surface area contributed by atoms with Gasteiger partial charge in [-0.2, -0.15) is 5.10 Å². The number of pyridine rings is 1. The Balaban J connectivity index is 1.54. The molecule has 0 aliphatic rings. The highest BCUT2D eigenvalue weighted by molar-refractivity contribution is 6.06. The molecule has 7 heteroatoms. The minimum atomic E-state index is -0.220. The van der Waals surface area contributed by atoms with Crippen molar-refractivity contribution in [1.82, 2.24) is 24.6 Å². The van der Waals surface area contributed by atoms with Crippen LogP contribution < -0.4 is 10.9 Å². The zero-order valence-corrected chi connectivity index (χ0v) is 14.7. The summed E-state index contributed by atoms with van der Waals surface area (Å²) in [6, 6.07) is 14.8. The van der Waals surface area contributed by atoms with Crippen molar-refractivity contribution in [2.45, 2.75) is 6.54 Å². The number of aromatic nitrogens is 4. The van der Waals surface area contributed by atoms with Crippen molar-refractivity contribution in [1.29, 1.82) is 0 Å². The van der Waals surface area contributed by atoms with E-state index in [4.69, 9.17) is 0 Å². The molecule has 0 saturated heterocycles. The van der Waals surface area contributed by atoms with Crippen molar-refractivity contribution >= 4 is 16.7 Å². The SMILES string of the molecule is Cn1cc(C(=O)NCc2ccc(-n3cncn3)cc2)c2ccccc2c1=O. The van der Waals surface area contributed by atoms with Crippen LogP contribution in [0.4, 0.5) is 0 Å². The Morgan fingerprint density at radius 1 is 1.07 bits per heavy atom. The number of hydrogen-bond acceptors (Lipinski definition) is 4. The summed E-state index contributed by atoms with van der Waals surface area (Å²) in [4.78, 5) is 28.9. The Morgan fingerprint density at radius 2 is 1.81 bits per heavy atom. The molecule has 0 bridgehead atoms. The summed E-state index contributed by atoms with van der Waals surface area (Å²) in [6.07, 6.45) is 4.68. The fourth-order valence-corrected chi connectivity index (χ4v) is 2.98. The number of carbonyl (C=O) groups excluding carboxylic acids is 1. The van der Waals surface area contributed by atoms with Crippen LogP contribution in [0, 0.1) is 0 Å². The lowest BCUT2D eigenvalue weighted by Gasteiger charge is -2.10. The lowest BCUT2D eigenvalue weighted by Crippen LogP contribution is -2.26. The lowest BCUT2D eigenvalue weighted by molar-refractivity contribution is 0.0952. The average Bonchev–Trinajstić information content (AvgIpc) is 3.24. The van der Waals surface area contributed by atoms with Gasteiger partial charge in [0.15, 0.2) is 0 Å². The lowest BCUT2D eigenvalue weighted by atomic mass is 10.1. The van der Waals surface area contributed by atoms with E-state index in [-0.39, 0.29) is 11.5 Å². The highest BCUT2D eigenvalue weighted by atomic mass is 16.2. The van der Waals surface area contributed by atoms with Gasteiger partial charge in [0, 0.05) is 30.6 Å². The minimum Gasteiger partial charge on any atom is -0.348 e. The molecule has 7 nitrogen and oxygen atoms in total. The zero-order chi connectivity index (χ0) is 18.8. The van der Waals surface area contributed by atoms with Gasteiger partial charge in [0.25, 0.3) is 11.5 Å². The van der Waals surface area contributed by atoms with Gasteiger partial charge in [-0.3, -0.25) is 9.59 Å². The van der Waals surface area contributed by atoms with Crippen LogP contribution in [-0.4, -0.2) is 25.2 Å². The van der Waals surface area contributed by atoms with Gasteiger partial charge in [0.2, 0.25) is 0 Å². The highest BCUT2D eigenvalue weighted by Crippen LogP contribution is 2.15. The van der Waals surface area contributed by atoms with Crippen LogP contribution in [0.2, 0.25) is 0 Å². The molecule has 0 radical (unpaired) electrons. The number of carbonyl (C=O) groups is 1. The first-order chi connectivity index (χ1) is 13.1. The molecule has 2 aromatic heterocycles. The van der Waals surface area contributed by atoms with E-state index >= 15 is 0 Å². The van der Waals surface area contributed by atoms with Crippen molar-refractivity contribution in [3.05, 3.63) is 88.9 Å². The van der Waals surface area contributed by atoms with Crippen LogP contribution in [0.25, 0.3) is 16.5 Å². The molecule has 1 amide bonds. The molecule has 2 heterocycles. The number of benzene rings is 2. The Labute approximate surface area is 154 Å². The summed E-state index contributed by atoms with van der Waals surface area (Å²) >= 11 is 0. The van der Waals surface area contributed by atoms with Crippen molar-refractivity contribution in [2.24, 2.45) is 7.05 Å². The first-order valence-electron chi connectivity index (χ1n) is 8.44. The molecule has 134 valence electrons. The van der Waals surface area contributed by atoms with Crippen molar-refractivity contribution < 1.29 is 4.79 Å². The Kier molecular flexibility index (Phi) is 4.25. The number of nitrogens with one attached hydrogen (secondary N) is 1. The van der Waals surface area contributed by atoms with E-state index in [9.17, 15) is 9.59 Å². The number of nitrogens with zero attached hydrogens (tertiary/aromatic N) is 4. The molecular formula is C20H17N5O2.